The molecule has 4 aromatic heterocycles. The van der Waals surface area contributed by atoms with Gasteiger partial charge in [0, 0.05) is 35.4 Å². The first-order chi connectivity index (χ1) is 28.0. The molecule has 0 radical (unpaired) electrons. The molecular formula is C38H30ClF8N9O3. The topological polar surface area (TPSA) is 135 Å². The van der Waals surface area contributed by atoms with Crippen LogP contribution in [-0.4, -0.2) is 58.0 Å². The number of carbonyl (C=O) groups is 1. The van der Waals surface area contributed by atoms with Crippen LogP contribution in [0.1, 0.15) is 65.8 Å². The van der Waals surface area contributed by atoms with Gasteiger partial charge in [-0.15, -0.1) is 0 Å². The predicted octanol–water partition coefficient (Wildman–Crippen LogP) is 7.39. The van der Waals surface area contributed by atoms with Crippen molar-refractivity contribution in [2.24, 2.45) is 5.92 Å². The minimum atomic E-state index is -3.56. The van der Waals surface area contributed by atoms with E-state index in [1.165, 1.54) is 31.5 Å². The number of alkyl halides is 6. The molecule has 0 aliphatic heterocycles. The fourth-order valence-corrected chi connectivity index (χ4v) is 8.08. The van der Waals surface area contributed by atoms with Crippen LogP contribution >= 0.6 is 11.6 Å². The highest BCUT2D eigenvalue weighted by Crippen LogP contribution is 2.68. The third-order valence-corrected chi connectivity index (χ3v) is 10.4. The van der Waals surface area contributed by atoms with Crippen molar-refractivity contribution in [1.82, 2.24) is 44.4 Å². The molecule has 2 aliphatic rings. The second kappa shape index (κ2) is 15.0. The molecule has 1 saturated carbocycles. The molecule has 1 fully saturated rings. The zero-order valence-corrected chi connectivity index (χ0v) is 31.5. The van der Waals surface area contributed by atoms with Crippen LogP contribution in [0.15, 0.2) is 53.6 Å². The molecule has 2 aromatic carbocycles. The number of hydrogen-bond acceptors (Lipinski definition) is 8. The van der Waals surface area contributed by atoms with Crippen molar-refractivity contribution in [1.29, 1.82) is 0 Å². The van der Waals surface area contributed by atoms with Crippen molar-refractivity contribution in [2.45, 2.75) is 70.5 Å². The number of nitrogens with one attached hydrogen (secondary N) is 1. The van der Waals surface area contributed by atoms with Crippen molar-refractivity contribution in [3.8, 4) is 23.0 Å². The average molecular weight is 848 g/mol. The predicted molar refractivity (Wildman–Crippen MR) is 194 cm³/mol. The highest BCUT2D eigenvalue weighted by atomic mass is 35.5. The van der Waals surface area contributed by atoms with E-state index in [1.807, 2.05) is 0 Å². The van der Waals surface area contributed by atoms with E-state index in [2.05, 4.69) is 30.5 Å². The van der Waals surface area contributed by atoms with E-state index in [1.54, 1.807) is 6.92 Å². The van der Waals surface area contributed by atoms with E-state index in [4.69, 9.17) is 16.3 Å². The Balaban J connectivity index is 1.32. The molecule has 6 aromatic rings. The third-order valence-electron chi connectivity index (χ3n) is 10.1. The minimum Gasteiger partial charge on any atom is -0.491 e. The molecule has 2 aliphatic carbocycles. The van der Waals surface area contributed by atoms with Gasteiger partial charge >= 0.3 is 0 Å². The van der Waals surface area contributed by atoms with Crippen LogP contribution < -0.4 is 15.6 Å². The minimum absolute atomic E-state index is 0.0187. The molecule has 0 unspecified atom stereocenters. The van der Waals surface area contributed by atoms with Gasteiger partial charge in [0.1, 0.15) is 47.6 Å². The summed E-state index contributed by atoms with van der Waals surface area (Å²) in [5, 5.41) is 10.8. The molecule has 0 saturated heterocycles. The Hall–Kier alpha value is -5.92. The molecule has 1 N–H and O–H groups in total. The summed E-state index contributed by atoms with van der Waals surface area (Å²) in [5.74, 6) is -8.96. The summed E-state index contributed by atoms with van der Waals surface area (Å²) < 4.78 is 124. The molecule has 0 bridgehead atoms. The fourth-order valence-electron chi connectivity index (χ4n) is 7.79. The first-order valence-corrected chi connectivity index (χ1v) is 18.5. The molecule has 4 heterocycles. The first kappa shape index (κ1) is 39.9. The second-order valence-electron chi connectivity index (χ2n) is 14.1. The quantitative estimate of drug-likeness (QED) is 0.119. The number of ether oxygens (including phenoxy) is 1. The lowest BCUT2D eigenvalue weighted by atomic mass is 10.0. The maximum atomic E-state index is 15.4. The number of benzene rings is 2. The summed E-state index contributed by atoms with van der Waals surface area (Å²) in [6.45, 7) is 1.57. The van der Waals surface area contributed by atoms with Gasteiger partial charge < -0.3 is 10.1 Å². The van der Waals surface area contributed by atoms with E-state index in [9.17, 15) is 35.9 Å². The van der Waals surface area contributed by atoms with Crippen molar-refractivity contribution >= 4 is 28.4 Å². The summed E-state index contributed by atoms with van der Waals surface area (Å²) >= 11 is 6.52. The molecule has 21 heteroatoms. The molecule has 308 valence electrons. The fraction of sp³-hybridized carbons (Fsp3) is 0.342. The monoisotopic (exact) mass is 847 g/mol. The van der Waals surface area contributed by atoms with E-state index in [-0.39, 0.29) is 74.6 Å². The molecule has 0 spiro atoms. The Morgan fingerprint density at radius 3 is 2.41 bits per heavy atom. The molecular weight excluding hydrogens is 818 g/mol. The van der Waals surface area contributed by atoms with Crippen LogP contribution in [-0.2, 0) is 30.2 Å². The van der Waals surface area contributed by atoms with Crippen LogP contribution in [0.3, 0.4) is 0 Å². The maximum Gasteiger partial charge on any atom is 0.293 e. The number of hydrogen-bond donors (Lipinski definition) is 1. The van der Waals surface area contributed by atoms with Gasteiger partial charge in [-0.1, -0.05) is 11.6 Å². The van der Waals surface area contributed by atoms with Gasteiger partial charge in [0.2, 0.25) is 5.91 Å². The molecule has 12 nitrogen and oxygen atoms in total. The molecule has 59 heavy (non-hydrogen) atoms. The van der Waals surface area contributed by atoms with Gasteiger partial charge in [0.25, 0.3) is 24.3 Å². The number of fused-ring (bicyclic) bond motifs is 4. The van der Waals surface area contributed by atoms with Crippen molar-refractivity contribution in [3.63, 3.8) is 0 Å². The van der Waals surface area contributed by atoms with Gasteiger partial charge in [-0.25, -0.2) is 41.3 Å². The van der Waals surface area contributed by atoms with Crippen LogP contribution in [0, 0.1) is 24.5 Å². The van der Waals surface area contributed by atoms with E-state index in [0.29, 0.717) is 10.7 Å². The summed E-state index contributed by atoms with van der Waals surface area (Å²) in [4.78, 5) is 41.6. The number of amides is 1. The summed E-state index contributed by atoms with van der Waals surface area (Å²) in [6, 6.07) is 4.59. The molecule has 3 atom stereocenters. The Kier molecular flexibility index (Phi) is 10.2. The van der Waals surface area contributed by atoms with E-state index in [0.717, 1.165) is 27.4 Å². The Morgan fingerprint density at radius 2 is 1.75 bits per heavy atom. The number of aryl methyl sites for hydroxylation is 1. The normalized spacial score (nSPS) is 17.1. The van der Waals surface area contributed by atoms with Gasteiger partial charge in [-0.3, -0.25) is 23.5 Å². The Bertz CT molecular complexity index is 2670. The SMILES string of the molecule is CCOc1cnc(-c2cc(=O)n(-c3ccc(Cl)c4c(C)nn(CC(F)F)c34)c([C@H](Cc3cc(F)cc(F)c3)NC(=O)Cn3nc(C(F)F)c4c3C(F)(F)[C@@H]3C[C@H]43)n2)nc1. The van der Waals surface area contributed by atoms with E-state index < -0.39 is 90.7 Å². The number of aromatic nitrogens is 8. The number of nitrogens with zero attached hydrogens (tertiary/aromatic N) is 8. The van der Waals surface area contributed by atoms with E-state index >= 15 is 8.78 Å². The van der Waals surface area contributed by atoms with Crippen LogP contribution in [0.5, 0.6) is 5.75 Å². The lowest BCUT2D eigenvalue weighted by Crippen LogP contribution is -2.38. The first-order valence-electron chi connectivity index (χ1n) is 18.1. The molecule has 1 amide bonds. The van der Waals surface area contributed by atoms with Crippen molar-refractivity contribution in [3.05, 3.63) is 110 Å². The van der Waals surface area contributed by atoms with Gasteiger partial charge in [-0.2, -0.15) is 19.0 Å². The van der Waals surface area contributed by atoms with Crippen LogP contribution in [0.25, 0.3) is 28.1 Å². The zero-order valence-electron chi connectivity index (χ0n) is 30.7. The van der Waals surface area contributed by atoms with Crippen LogP contribution in [0.4, 0.5) is 35.1 Å². The number of carbonyl (C=O) groups excluding carboxylic acids is 1. The standard InChI is InChI=1S/C38H30ClF8N9O3/c1-3-59-20-12-48-36(49-13-20)24-11-29(58)56(26-5-4-23(39)30-16(2)52-54(33(26)30)14-27(42)43)37(51-24)25(8-17-6-18(40)9-19(41)7-17)50-28(57)15-55-34-31(32(53-55)35(44)45)21-10-22(21)38(34,46)47/h4-7,9,11-13,21-22,25,27,35H,3,8,10,14-15H2,1-2H3,(H,50,57)/t21-,22+,25-/m0/s1. The summed E-state index contributed by atoms with van der Waals surface area (Å²) in [6.07, 6.45) is -4.07. The highest BCUT2D eigenvalue weighted by molar-refractivity contribution is 6.36. The smallest absolute Gasteiger partial charge is 0.293 e. The number of rotatable bonds is 13. The van der Waals surface area contributed by atoms with Gasteiger partial charge in [0.05, 0.1) is 47.0 Å². The van der Waals surface area contributed by atoms with Gasteiger partial charge in [-0.05, 0) is 56.0 Å². The summed E-state index contributed by atoms with van der Waals surface area (Å²) in [7, 11) is 0. The Morgan fingerprint density at radius 1 is 1.03 bits per heavy atom. The summed E-state index contributed by atoms with van der Waals surface area (Å²) in [5.41, 5.74) is -3.07. The van der Waals surface area contributed by atoms with Crippen molar-refractivity contribution < 1.29 is 44.7 Å². The average Bonchev–Trinajstić information content (AvgIpc) is 3.70. The number of halogens is 9. The Labute approximate surface area is 332 Å². The lowest BCUT2D eigenvalue weighted by molar-refractivity contribution is -0.123. The van der Waals surface area contributed by atoms with Gasteiger partial charge in [0.15, 0.2) is 11.6 Å². The largest absolute Gasteiger partial charge is 0.491 e. The second-order valence-corrected chi connectivity index (χ2v) is 14.5. The lowest BCUT2D eigenvalue weighted by Gasteiger charge is -2.24. The van der Waals surface area contributed by atoms with Crippen molar-refractivity contribution in [2.75, 3.05) is 6.61 Å². The third kappa shape index (κ3) is 7.27. The van der Waals surface area contributed by atoms with Crippen LogP contribution in [0.2, 0.25) is 5.02 Å². The zero-order chi connectivity index (χ0) is 42.1. The molecule has 8 rings (SSSR count). The maximum absolute atomic E-state index is 15.4. The highest BCUT2D eigenvalue weighted by Gasteiger charge is 2.67.